The summed E-state index contributed by atoms with van der Waals surface area (Å²) in [5.41, 5.74) is 3.35. The van der Waals surface area contributed by atoms with Crippen molar-refractivity contribution in [2.75, 3.05) is 10.6 Å². The van der Waals surface area contributed by atoms with E-state index in [1.807, 2.05) is 19.1 Å². The van der Waals surface area contributed by atoms with Crippen LogP contribution in [0.15, 0.2) is 30.3 Å². The number of para-hydroxylation sites is 1. The fraction of sp³-hybridized carbons (Fsp3) is 0.500. The monoisotopic (exact) mass is 324 g/mol. The smallest absolute Gasteiger partial charge is 0.229 e. The number of benzene rings is 1. The molecule has 4 nitrogen and oxygen atoms in total. The van der Waals surface area contributed by atoms with Crippen LogP contribution in [0.2, 0.25) is 0 Å². The summed E-state index contributed by atoms with van der Waals surface area (Å²) in [6, 6.07) is 11.0. The van der Waals surface area contributed by atoms with E-state index < -0.39 is 0 Å². The van der Waals surface area contributed by atoms with Gasteiger partial charge in [0.15, 0.2) is 0 Å². The van der Waals surface area contributed by atoms with E-state index in [4.69, 9.17) is 4.98 Å². The highest BCUT2D eigenvalue weighted by atomic mass is 15.1. The van der Waals surface area contributed by atoms with Crippen LogP contribution in [0.25, 0.3) is 0 Å². The maximum Gasteiger partial charge on any atom is 0.229 e. The Bertz CT molecular complexity index is 675. The predicted octanol–water partition coefficient (Wildman–Crippen LogP) is 5.40. The first-order valence-corrected chi connectivity index (χ1v) is 9.10. The fourth-order valence-electron chi connectivity index (χ4n) is 3.39. The average Bonchev–Trinajstić information content (AvgIpc) is 2.55. The average molecular weight is 324 g/mol. The first kappa shape index (κ1) is 16.7. The summed E-state index contributed by atoms with van der Waals surface area (Å²) in [5.74, 6) is 2.05. The number of hydrogen-bond donors (Lipinski definition) is 2. The highest BCUT2D eigenvalue weighted by molar-refractivity contribution is 5.60. The minimum absolute atomic E-state index is 0.457. The van der Waals surface area contributed by atoms with Gasteiger partial charge in [-0.15, -0.1) is 0 Å². The van der Waals surface area contributed by atoms with Gasteiger partial charge in [-0.3, -0.25) is 0 Å². The van der Waals surface area contributed by atoms with Crippen molar-refractivity contribution in [1.82, 2.24) is 9.97 Å². The van der Waals surface area contributed by atoms with Gasteiger partial charge in [0.2, 0.25) is 5.95 Å². The third-order valence-corrected chi connectivity index (χ3v) is 4.64. The lowest BCUT2D eigenvalue weighted by atomic mass is 9.95. The number of aryl methyl sites for hydroxylation is 1. The zero-order valence-corrected chi connectivity index (χ0v) is 15.0. The van der Waals surface area contributed by atoms with Crippen LogP contribution in [-0.2, 0) is 0 Å². The topological polar surface area (TPSA) is 49.8 Å². The summed E-state index contributed by atoms with van der Waals surface area (Å²) in [4.78, 5) is 9.25. The van der Waals surface area contributed by atoms with Crippen LogP contribution < -0.4 is 10.6 Å². The molecule has 128 valence electrons. The van der Waals surface area contributed by atoms with Crippen LogP contribution in [0, 0.1) is 6.92 Å². The van der Waals surface area contributed by atoms with Crippen molar-refractivity contribution in [3.05, 3.63) is 41.6 Å². The standard InChI is InChI=1S/C20H28N4/c1-14(2)17-11-7-8-12-18(17)23-20-21-15(3)13-19(24-20)22-16-9-5-4-6-10-16/h7-8,11-14,16H,4-6,9-10H2,1-3H3,(H2,21,22,23,24). The molecule has 24 heavy (non-hydrogen) atoms. The summed E-state index contributed by atoms with van der Waals surface area (Å²) in [5, 5.41) is 7.00. The lowest BCUT2D eigenvalue weighted by Gasteiger charge is -2.23. The number of aromatic nitrogens is 2. The maximum absolute atomic E-state index is 4.69. The van der Waals surface area contributed by atoms with Crippen LogP contribution in [0.5, 0.6) is 0 Å². The van der Waals surface area contributed by atoms with Gasteiger partial charge in [0.25, 0.3) is 0 Å². The van der Waals surface area contributed by atoms with Crippen LogP contribution in [0.4, 0.5) is 17.5 Å². The largest absolute Gasteiger partial charge is 0.367 e. The van der Waals surface area contributed by atoms with Crippen molar-refractivity contribution >= 4 is 17.5 Å². The molecule has 0 atom stereocenters. The van der Waals surface area contributed by atoms with Crippen molar-refractivity contribution < 1.29 is 0 Å². The van der Waals surface area contributed by atoms with E-state index in [2.05, 4.69) is 47.7 Å². The molecule has 1 aromatic heterocycles. The van der Waals surface area contributed by atoms with Crippen molar-refractivity contribution in [1.29, 1.82) is 0 Å². The van der Waals surface area contributed by atoms with Gasteiger partial charge in [-0.25, -0.2) is 4.98 Å². The Hall–Kier alpha value is -2.10. The van der Waals surface area contributed by atoms with Crippen molar-refractivity contribution in [3.8, 4) is 0 Å². The van der Waals surface area contributed by atoms with Gasteiger partial charge < -0.3 is 10.6 Å². The second kappa shape index (κ2) is 7.65. The van der Waals surface area contributed by atoms with Crippen LogP contribution in [-0.4, -0.2) is 16.0 Å². The van der Waals surface area contributed by atoms with E-state index in [0.29, 0.717) is 17.9 Å². The Morgan fingerprint density at radius 2 is 1.79 bits per heavy atom. The summed E-state index contributed by atoms with van der Waals surface area (Å²) in [7, 11) is 0. The molecule has 0 bridgehead atoms. The molecular weight excluding hydrogens is 296 g/mol. The molecule has 1 aromatic carbocycles. The Morgan fingerprint density at radius 1 is 1.04 bits per heavy atom. The molecule has 1 aliphatic carbocycles. The van der Waals surface area contributed by atoms with Crippen molar-refractivity contribution in [2.45, 2.75) is 64.8 Å². The molecule has 0 unspecified atom stereocenters. The van der Waals surface area contributed by atoms with Gasteiger partial charge in [0.1, 0.15) is 5.82 Å². The highest BCUT2D eigenvalue weighted by Crippen LogP contribution is 2.27. The normalized spacial score (nSPS) is 15.5. The second-order valence-corrected chi connectivity index (χ2v) is 7.06. The van der Waals surface area contributed by atoms with E-state index in [9.17, 15) is 0 Å². The first-order chi connectivity index (χ1) is 11.6. The molecule has 4 heteroatoms. The third-order valence-electron chi connectivity index (χ3n) is 4.64. The van der Waals surface area contributed by atoms with Crippen molar-refractivity contribution in [2.24, 2.45) is 0 Å². The molecule has 2 aromatic rings. The number of rotatable bonds is 5. The van der Waals surface area contributed by atoms with Gasteiger partial charge >= 0.3 is 0 Å². The number of nitrogens with zero attached hydrogens (tertiary/aromatic N) is 2. The number of anilines is 3. The molecule has 0 radical (unpaired) electrons. The van der Waals surface area contributed by atoms with Gasteiger partial charge in [-0.05, 0) is 37.3 Å². The van der Waals surface area contributed by atoms with Gasteiger partial charge in [0.05, 0.1) is 0 Å². The summed E-state index contributed by atoms with van der Waals surface area (Å²) < 4.78 is 0. The molecule has 0 aliphatic heterocycles. The van der Waals surface area contributed by atoms with Gasteiger partial charge in [-0.1, -0.05) is 51.3 Å². The van der Waals surface area contributed by atoms with Crippen LogP contribution in [0.3, 0.4) is 0 Å². The summed E-state index contributed by atoms with van der Waals surface area (Å²) >= 11 is 0. The molecule has 0 saturated heterocycles. The van der Waals surface area contributed by atoms with Gasteiger partial charge in [0, 0.05) is 23.5 Å². The van der Waals surface area contributed by atoms with Crippen molar-refractivity contribution in [3.63, 3.8) is 0 Å². The highest BCUT2D eigenvalue weighted by Gasteiger charge is 2.14. The number of nitrogens with one attached hydrogen (secondary N) is 2. The molecule has 1 saturated carbocycles. The third kappa shape index (κ3) is 4.25. The molecule has 2 N–H and O–H groups in total. The zero-order chi connectivity index (χ0) is 16.9. The van der Waals surface area contributed by atoms with Gasteiger partial charge in [-0.2, -0.15) is 4.98 Å². The second-order valence-electron chi connectivity index (χ2n) is 7.06. The van der Waals surface area contributed by atoms with E-state index >= 15 is 0 Å². The molecule has 1 aliphatic rings. The Labute approximate surface area is 145 Å². The Morgan fingerprint density at radius 3 is 2.54 bits per heavy atom. The van der Waals surface area contributed by atoms with E-state index in [0.717, 1.165) is 17.2 Å². The minimum atomic E-state index is 0.457. The summed E-state index contributed by atoms with van der Waals surface area (Å²) in [6.07, 6.45) is 6.47. The van der Waals surface area contributed by atoms with Crippen LogP contribution in [0.1, 0.15) is 63.1 Å². The molecule has 1 fully saturated rings. The Kier molecular flexibility index (Phi) is 5.34. The predicted molar refractivity (Wildman–Crippen MR) is 101 cm³/mol. The maximum atomic E-state index is 4.69. The van der Waals surface area contributed by atoms with E-state index in [-0.39, 0.29) is 0 Å². The molecule has 3 rings (SSSR count). The SMILES string of the molecule is Cc1cc(NC2CCCCC2)nc(Nc2ccccc2C(C)C)n1. The molecule has 0 amide bonds. The van der Waals surface area contributed by atoms with E-state index in [1.165, 1.54) is 37.7 Å². The Balaban J connectivity index is 1.79. The van der Waals surface area contributed by atoms with E-state index in [1.54, 1.807) is 0 Å². The zero-order valence-electron chi connectivity index (χ0n) is 15.0. The number of hydrogen-bond acceptors (Lipinski definition) is 4. The molecule has 0 spiro atoms. The molecular formula is C20H28N4. The molecule has 1 heterocycles. The minimum Gasteiger partial charge on any atom is -0.367 e. The summed E-state index contributed by atoms with van der Waals surface area (Å²) in [6.45, 7) is 6.43. The first-order valence-electron chi connectivity index (χ1n) is 9.10. The van der Waals surface area contributed by atoms with Crippen LogP contribution >= 0.6 is 0 Å². The fourth-order valence-corrected chi connectivity index (χ4v) is 3.39. The lowest BCUT2D eigenvalue weighted by molar-refractivity contribution is 0.462. The lowest BCUT2D eigenvalue weighted by Crippen LogP contribution is -2.23. The quantitative estimate of drug-likeness (QED) is 0.773.